The first kappa shape index (κ1) is 16.9. The first-order valence-corrected chi connectivity index (χ1v) is 8.20. The topological polar surface area (TPSA) is 41.8 Å². The number of guanidine groups is 1. The van der Waals surface area contributed by atoms with Gasteiger partial charge in [0.05, 0.1) is 6.54 Å². The zero-order valence-electron chi connectivity index (χ0n) is 14.4. The molecule has 0 unspecified atom stereocenters. The van der Waals surface area contributed by atoms with Gasteiger partial charge in [-0.3, -0.25) is 4.99 Å². The van der Waals surface area contributed by atoms with E-state index in [0.717, 1.165) is 38.7 Å². The number of nitrogens with zero attached hydrogens (tertiary/aromatic N) is 3. The molecule has 22 heavy (non-hydrogen) atoms. The Morgan fingerprint density at radius 2 is 2.27 bits per heavy atom. The number of aromatic nitrogens is 1. The van der Waals surface area contributed by atoms with Crippen LogP contribution in [0.5, 0.6) is 0 Å². The van der Waals surface area contributed by atoms with Gasteiger partial charge in [0.2, 0.25) is 0 Å². The van der Waals surface area contributed by atoms with Gasteiger partial charge in [-0.05, 0) is 43.7 Å². The Hall–Kier alpha value is -1.49. The van der Waals surface area contributed by atoms with E-state index in [2.05, 4.69) is 59.1 Å². The van der Waals surface area contributed by atoms with Gasteiger partial charge in [0, 0.05) is 52.8 Å². The Morgan fingerprint density at radius 3 is 2.82 bits per heavy atom. The zero-order chi connectivity index (χ0) is 16.0. The maximum atomic E-state index is 5.50. The van der Waals surface area contributed by atoms with Crippen molar-refractivity contribution < 1.29 is 4.74 Å². The van der Waals surface area contributed by atoms with Crippen molar-refractivity contribution >= 4 is 5.96 Å². The molecule has 1 aromatic heterocycles. The van der Waals surface area contributed by atoms with Crippen LogP contribution in [0.3, 0.4) is 0 Å². The van der Waals surface area contributed by atoms with Crippen molar-refractivity contribution in [1.29, 1.82) is 0 Å². The lowest BCUT2D eigenvalue weighted by Crippen LogP contribution is -2.41. The highest BCUT2D eigenvalue weighted by Gasteiger charge is 2.42. The van der Waals surface area contributed by atoms with Crippen LogP contribution in [0.15, 0.2) is 23.3 Å². The third-order valence-electron chi connectivity index (χ3n) is 4.58. The van der Waals surface area contributed by atoms with Crippen LogP contribution in [0.25, 0.3) is 0 Å². The third kappa shape index (κ3) is 4.50. The highest BCUT2D eigenvalue weighted by Crippen LogP contribution is 2.48. The minimum absolute atomic E-state index is 0.428. The predicted octanol–water partition coefficient (Wildman–Crippen LogP) is 2.24. The SMILES string of the molecule is CCOCCC1(CNC(=NC)N(C)Cc2cccn2C)CC1. The normalized spacial score (nSPS) is 16.6. The Balaban J connectivity index is 1.81. The zero-order valence-corrected chi connectivity index (χ0v) is 14.4. The summed E-state index contributed by atoms with van der Waals surface area (Å²) >= 11 is 0. The second-order valence-electron chi connectivity index (χ2n) is 6.31. The van der Waals surface area contributed by atoms with E-state index in [9.17, 15) is 0 Å². The number of ether oxygens (including phenoxy) is 1. The van der Waals surface area contributed by atoms with Crippen molar-refractivity contribution in [3.05, 3.63) is 24.0 Å². The van der Waals surface area contributed by atoms with Crippen LogP contribution in [0.4, 0.5) is 0 Å². The predicted molar refractivity (Wildman–Crippen MR) is 91.0 cm³/mol. The molecule has 0 saturated heterocycles. The van der Waals surface area contributed by atoms with Gasteiger partial charge >= 0.3 is 0 Å². The molecule has 1 heterocycles. The van der Waals surface area contributed by atoms with Crippen molar-refractivity contribution in [1.82, 2.24) is 14.8 Å². The average molecular weight is 306 g/mol. The van der Waals surface area contributed by atoms with E-state index in [1.807, 2.05) is 7.05 Å². The minimum Gasteiger partial charge on any atom is -0.382 e. The summed E-state index contributed by atoms with van der Waals surface area (Å²) in [5, 5.41) is 3.54. The van der Waals surface area contributed by atoms with Crippen LogP contribution >= 0.6 is 0 Å². The van der Waals surface area contributed by atoms with E-state index in [-0.39, 0.29) is 0 Å². The largest absolute Gasteiger partial charge is 0.382 e. The lowest BCUT2D eigenvalue weighted by molar-refractivity contribution is 0.128. The van der Waals surface area contributed by atoms with Gasteiger partial charge in [-0.2, -0.15) is 0 Å². The molecule has 5 nitrogen and oxygen atoms in total. The first-order valence-electron chi connectivity index (χ1n) is 8.20. The molecule has 1 fully saturated rings. The van der Waals surface area contributed by atoms with Crippen LogP contribution in [0, 0.1) is 5.41 Å². The molecule has 0 spiro atoms. The van der Waals surface area contributed by atoms with Crippen molar-refractivity contribution in [2.45, 2.75) is 32.7 Å². The molecule has 0 aliphatic heterocycles. The van der Waals surface area contributed by atoms with Crippen LogP contribution < -0.4 is 5.32 Å². The third-order valence-corrected chi connectivity index (χ3v) is 4.58. The summed E-state index contributed by atoms with van der Waals surface area (Å²) in [6.07, 6.45) is 5.82. The smallest absolute Gasteiger partial charge is 0.193 e. The van der Waals surface area contributed by atoms with Gasteiger partial charge in [-0.15, -0.1) is 0 Å². The summed E-state index contributed by atoms with van der Waals surface area (Å²) < 4.78 is 7.65. The van der Waals surface area contributed by atoms with Crippen LogP contribution in [-0.4, -0.2) is 49.3 Å². The molecule has 2 rings (SSSR count). The number of hydrogen-bond donors (Lipinski definition) is 1. The van der Waals surface area contributed by atoms with Gasteiger partial charge in [0.1, 0.15) is 0 Å². The Labute approximate surface area is 134 Å². The van der Waals surface area contributed by atoms with Gasteiger partial charge in [-0.1, -0.05) is 0 Å². The van der Waals surface area contributed by atoms with E-state index in [0.29, 0.717) is 5.41 Å². The van der Waals surface area contributed by atoms with Gasteiger partial charge < -0.3 is 19.5 Å². The number of hydrogen-bond acceptors (Lipinski definition) is 2. The molecule has 0 bridgehead atoms. The monoisotopic (exact) mass is 306 g/mol. The van der Waals surface area contributed by atoms with E-state index in [1.54, 1.807) is 0 Å². The summed E-state index contributed by atoms with van der Waals surface area (Å²) in [5.41, 5.74) is 1.71. The molecule has 124 valence electrons. The number of aliphatic imine (C=N–C) groups is 1. The maximum Gasteiger partial charge on any atom is 0.193 e. The van der Waals surface area contributed by atoms with Crippen LogP contribution in [0.2, 0.25) is 0 Å². The molecule has 0 aromatic carbocycles. The Kier molecular flexibility index (Phi) is 5.89. The second kappa shape index (κ2) is 7.68. The fraction of sp³-hybridized carbons (Fsp3) is 0.706. The van der Waals surface area contributed by atoms with E-state index >= 15 is 0 Å². The molecule has 1 N–H and O–H groups in total. The Morgan fingerprint density at radius 1 is 1.50 bits per heavy atom. The molecule has 0 radical (unpaired) electrons. The van der Waals surface area contributed by atoms with Crippen molar-refractivity contribution in [2.75, 3.05) is 33.9 Å². The second-order valence-corrected chi connectivity index (χ2v) is 6.31. The van der Waals surface area contributed by atoms with Gasteiger partial charge in [-0.25, -0.2) is 0 Å². The van der Waals surface area contributed by atoms with E-state index in [1.165, 1.54) is 18.5 Å². The maximum absolute atomic E-state index is 5.50. The van der Waals surface area contributed by atoms with Gasteiger partial charge in [0.25, 0.3) is 0 Å². The first-order chi connectivity index (χ1) is 10.6. The molecule has 1 saturated carbocycles. The molecule has 0 amide bonds. The van der Waals surface area contributed by atoms with E-state index < -0.39 is 0 Å². The van der Waals surface area contributed by atoms with E-state index in [4.69, 9.17) is 4.74 Å². The molecule has 0 atom stereocenters. The number of rotatable bonds is 8. The molecule has 1 aliphatic rings. The van der Waals surface area contributed by atoms with Crippen molar-refractivity contribution in [3.63, 3.8) is 0 Å². The highest BCUT2D eigenvalue weighted by atomic mass is 16.5. The standard InChI is InChI=1S/C17H30N4O/c1-5-22-12-10-17(8-9-17)14-19-16(18-2)21(4)13-15-7-6-11-20(15)3/h6-7,11H,5,8-10,12-14H2,1-4H3,(H,18,19). The molecule has 1 aliphatic carbocycles. The average Bonchev–Trinajstić information content (AvgIpc) is 3.16. The van der Waals surface area contributed by atoms with Crippen LogP contribution in [-0.2, 0) is 18.3 Å². The summed E-state index contributed by atoms with van der Waals surface area (Å²) in [5.74, 6) is 0.962. The highest BCUT2D eigenvalue weighted by molar-refractivity contribution is 5.79. The quantitative estimate of drug-likeness (QED) is 0.455. The molecule has 5 heteroatoms. The Bertz CT molecular complexity index is 491. The molecule has 1 aromatic rings. The minimum atomic E-state index is 0.428. The number of aryl methyl sites for hydroxylation is 1. The molecular formula is C17H30N4O. The fourth-order valence-corrected chi connectivity index (χ4v) is 2.75. The summed E-state index contributed by atoms with van der Waals surface area (Å²) in [4.78, 5) is 6.59. The fourth-order valence-electron chi connectivity index (χ4n) is 2.75. The lowest BCUT2D eigenvalue weighted by Gasteiger charge is -2.25. The van der Waals surface area contributed by atoms with Crippen LogP contribution in [0.1, 0.15) is 31.9 Å². The van der Waals surface area contributed by atoms with Gasteiger partial charge in [0.15, 0.2) is 5.96 Å². The van der Waals surface area contributed by atoms with Crippen molar-refractivity contribution in [2.24, 2.45) is 17.5 Å². The summed E-state index contributed by atoms with van der Waals surface area (Å²) in [7, 11) is 6.01. The lowest BCUT2D eigenvalue weighted by atomic mass is 10.0. The summed E-state index contributed by atoms with van der Waals surface area (Å²) in [6.45, 7) is 5.58. The summed E-state index contributed by atoms with van der Waals surface area (Å²) in [6, 6.07) is 4.22. The van der Waals surface area contributed by atoms with Crippen molar-refractivity contribution in [3.8, 4) is 0 Å². The number of nitrogens with one attached hydrogen (secondary N) is 1. The molecular weight excluding hydrogens is 276 g/mol.